The molecule has 0 spiro atoms. The number of nitrogen functional groups attached to an aromatic ring is 3. The summed E-state index contributed by atoms with van der Waals surface area (Å²) in [6.45, 7) is 0. The summed E-state index contributed by atoms with van der Waals surface area (Å²) in [6.07, 6.45) is 0. The van der Waals surface area contributed by atoms with Crippen LogP contribution in [0.5, 0.6) is 0 Å². The molecule has 0 aliphatic rings. The highest BCUT2D eigenvalue weighted by Gasteiger charge is 2.07. The summed E-state index contributed by atoms with van der Waals surface area (Å²) in [5, 5.41) is 3.02. The summed E-state index contributed by atoms with van der Waals surface area (Å²) in [4.78, 5) is 7.73. The van der Waals surface area contributed by atoms with E-state index in [-0.39, 0.29) is 17.5 Å². The van der Waals surface area contributed by atoms with Crippen LogP contribution in [0.4, 0.5) is 29.0 Å². The molecule has 0 atom stereocenters. The van der Waals surface area contributed by atoms with Gasteiger partial charge in [0.15, 0.2) is 11.6 Å². The highest BCUT2D eigenvalue weighted by atomic mass is 32.3. The Morgan fingerprint density at radius 1 is 1.00 bits per heavy atom. The monoisotopic (exact) mass is 314 g/mol. The molecule has 0 amide bonds. The average Bonchev–Trinajstić information content (AvgIpc) is 2.34. The van der Waals surface area contributed by atoms with Gasteiger partial charge in [-0.1, -0.05) is 18.2 Å². The lowest BCUT2D eigenvalue weighted by atomic mass is 10.3. The first-order valence-electron chi connectivity index (χ1n) is 5.37. The van der Waals surface area contributed by atoms with Crippen LogP contribution in [0.25, 0.3) is 0 Å². The molecule has 1 aromatic carbocycles. The van der Waals surface area contributed by atoms with Gasteiger partial charge in [-0.15, -0.1) is 0 Å². The zero-order chi connectivity index (χ0) is 16.0. The Labute approximate surface area is 120 Å². The highest BCUT2D eigenvalue weighted by molar-refractivity contribution is 7.79. The number of nitrogens with zero attached hydrogens (tertiary/aromatic N) is 2. The fourth-order valence-corrected chi connectivity index (χ4v) is 1.26. The zero-order valence-electron chi connectivity index (χ0n) is 10.6. The van der Waals surface area contributed by atoms with E-state index in [4.69, 9.17) is 34.7 Å². The molecule has 1 heterocycles. The van der Waals surface area contributed by atoms with Crippen LogP contribution in [0.3, 0.4) is 0 Å². The summed E-state index contributed by atoms with van der Waals surface area (Å²) in [5.41, 5.74) is 17.9. The third-order valence-corrected chi connectivity index (χ3v) is 2.03. The van der Waals surface area contributed by atoms with Crippen LogP contribution < -0.4 is 22.5 Å². The third kappa shape index (κ3) is 6.38. The third-order valence-electron chi connectivity index (χ3n) is 2.03. The van der Waals surface area contributed by atoms with Gasteiger partial charge in [0.2, 0.25) is 5.95 Å². The lowest BCUT2D eigenvalue weighted by molar-refractivity contribution is 0.381. The number of nitrogens with one attached hydrogen (secondary N) is 1. The van der Waals surface area contributed by atoms with E-state index in [0.717, 1.165) is 5.69 Å². The Morgan fingerprint density at radius 3 is 2.05 bits per heavy atom. The van der Waals surface area contributed by atoms with Crippen LogP contribution in [0.15, 0.2) is 30.3 Å². The molecule has 10 nitrogen and oxygen atoms in total. The number of para-hydroxylation sites is 1. The van der Waals surface area contributed by atoms with Crippen molar-refractivity contribution in [2.24, 2.45) is 0 Å². The van der Waals surface area contributed by atoms with E-state index in [1.165, 1.54) is 0 Å². The topological polar surface area (TPSA) is 190 Å². The van der Waals surface area contributed by atoms with Gasteiger partial charge < -0.3 is 22.5 Å². The first-order valence-corrected chi connectivity index (χ1v) is 6.77. The van der Waals surface area contributed by atoms with Crippen LogP contribution in [-0.4, -0.2) is 27.5 Å². The van der Waals surface area contributed by atoms with Crippen molar-refractivity contribution >= 4 is 39.4 Å². The van der Waals surface area contributed by atoms with Gasteiger partial charge in [-0.2, -0.15) is 18.4 Å². The summed E-state index contributed by atoms with van der Waals surface area (Å²) >= 11 is 0. The quantitative estimate of drug-likeness (QED) is 0.420. The summed E-state index contributed by atoms with van der Waals surface area (Å²) in [7, 11) is -4.67. The number of anilines is 5. The minimum absolute atomic E-state index is 0.0881. The van der Waals surface area contributed by atoms with E-state index < -0.39 is 10.4 Å². The zero-order valence-corrected chi connectivity index (χ0v) is 11.4. The molecule has 0 saturated carbocycles. The molecule has 0 aliphatic heterocycles. The summed E-state index contributed by atoms with van der Waals surface area (Å²) in [6, 6.07) is 9.47. The second kappa shape index (κ2) is 6.69. The van der Waals surface area contributed by atoms with Crippen molar-refractivity contribution in [3.63, 3.8) is 0 Å². The van der Waals surface area contributed by atoms with Crippen molar-refractivity contribution < 1.29 is 17.5 Å². The number of nitrogens with two attached hydrogens (primary N) is 3. The molecule has 1 aromatic heterocycles. The Hall–Kier alpha value is -2.63. The van der Waals surface area contributed by atoms with Crippen molar-refractivity contribution in [3.8, 4) is 0 Å². The van der Waals surface area contributed by atoms with Crippen LogP contribution in [0, 0.1) is 0 Å². The van der Waals surface area contributed by atoms with Gasteiger partial charge in [0, 0.05) is 5.69 Å². The SMILES string of the molecule is Nc1nc(N)c(N)c(Nc2ccccc2)n1.O=S(=O)(O)O. The minimum atomic E-state index is -4.67. The van der Waals surface area contributed by atoms with Gasteiger partial charge >= 0.3 is 10.4 Å². The molecule has 9 N–H and O–H groups in total. The molecular formula is C10H14N6O4S. The van der Waals surface area contributed by atoms with Crippen molar-refractivity contribution in [2.45, 2.75) is 0 Å². The van der Waals surface area contributed by atoms with Gasteiger partial charge in [-0.3, -0.25) is 9.11 Å². The maximum atomic E-state index is 8.74. The van der Waals surface area contributed by atoms with Crippen molar-refractivity contribution in [3.05, 3.63) is 30.3 Å². The normalized spacial score (nSPS) is 10.4. The first kappa shape index (κ1) is 16.4. The van der Waals surface area contributed by atoms with E-state index in [0.29, 0.717) is 5.82 Å². The maximum Gasteiger partial charge on any atom is 0.394 e. The Morgan fingerprint density at radius 2 is 1.52 bits per heavy atom. The van der Waals surface area contributed by atoms with E-state index in [9.17, 15) is 0 Å². The Balaban J connectivity index is 0.000000383. The molecule has 2 rings (SSSR count). The molecule has 0 aliphatic carbocycles. The molecule has 0 fully saturated rings. The van der Waals surface area contributed by atoms with E-state index >= 15 is 0 Å². The van der Waals surface area contributed by atoms with E-state index in [1.54, 1.807) is 0 Å². The second-order valence-electron chi connectivity index (χ2n) is 3.67. The van der Waals surface area contributed by atoms with Crippen LogP contribution in [-0.2, 0) is 10.4 Å². The van der Waals surface area contributed by atoms with Gasteiger partial charge in [-0.05, 0) is 12.1 Å². The number of hydrogen-bond acceptors (Lipinski definition) is 8. The lowest BCUT2D eigenvalue weighted by Crippen LogP contribution is -2.08. The molecular weight excluding hydrogens is 300 g/mol. The van der Waals surface area contributed by atoms with Crippen molar-refractivity contribution in [2.75, 3.05) is 22.5 Å². The largest absolute Gasteiger partial charge is 0.394 e. The second-order valence-corrected chi connectivity index (χ2v) is 4.56. The predicted octanol–water partition coefficient (Wildman–Crippen LogP) is 0.314. The standard InChI is InChI=1S/C10H12N6.H2O4S/c11-7-8(12)15-10(13)16-9(7)14-6-4-2-1-3-5-6;1-5(2,3)4/h1-5H,11H2,(H5,12,13,14,15,16);(H2,1,2,3,4). The van der Waals surface area contributed by atoms with Crippen LogP contribution in [0.2, 0.25) is 0 Å². The van der Waals surface area contributed by atoms with Gasteiger partial charge in [0.25, 0.3) is 0 Å². The maximum absolute atomic E-state index is 8.74. The van der Waals surface area contributed by atoms with Gasteiger partial charge in [-0.25, -0.2) is 0 Å². The first-order chi connectivity index (χ1) is 9.66. The van der Waals surface area contributed by atoms with Crippen molar-refractivity contribution in [1.29, 1.82) is 0 Å². The number of rotatable bonds is 2. The highest BCUT2D eigenvalue weighted by Crippen LogP contribution is 2.25. The van der Waals surface area contributed by atoms with Crippen LogP contribution in [0.1, 0.15) is 0 Å². The number of hydrogen-bond donors (Lipinski definition) is 6. The average molecular weight is 314 g/mol. The molecule has 0 bridgehead atoms. The fourth-order valence-electron chi connectivity index (χ4n) is 1.26. The van der Waals surface area contributed by atoms with E-state index in [1.807, 2.05) is 30.3 Å². The van der Waals surface area contributed by atoms with Gasteiger partial charge in [0.1, 0.15) is 5.69 Å². The lowest BCUT2D eigenvalue weighted by Gasteiger charge is -2.09. The van der Waals surface area contributed by atoms with Crippen molar-refractivity contribution in [1.82, 2.24) is 9.97 Å². The predicted molar refractivity (Wildman–Crippen MR) is 79.2 cm³/mol. The molecule has 0 radical (unpaired) electrons. The summed E-state index contributed by atoms with van der Waals surface area (Å²) < 4.78 is 31.6. The van der Waals surface area contributed by atoms with Crippen LogP contribution >= 0.6 is 0 Å². The number of benzene rings is 1. The fraction of sp³-hybridized carbons (Fsp3) is 0. The summed E-state index contributed by atoms with van der Waals surface area (Å²) in [5.74, 6) is 0.673. The molecule has 0 saturated heterocycles. The molecule has 2 aromatic rings. The Kier molecular flexibility index (Phi) is 5.24. The number of aromatic nitrogens is 2. The molecule has 0 unspecified atom stereocenters. The minimum Gasteiger partial charge on any atom is -0.393 e. The molecule has 114 valence electrons. The van der Waals surface area contributed by atoms with E-state index in [2.05, 4.69) is 15.3 Å². The van der Waals surface area contributed by atoms with Gasteiger partial charge in [0.05, 0.1) is 0 Å². The molecule has 21 heavy (non-hydrogen) atoms. The molecule has 11 heteroatoms. The smallest absolute Gasteiger partial charge is 0.393 e. The Bertz CT molecular complexity index is 699.